The second-order valence-electron chi connectivity index (χ2n) is 4.09. The average Bonchev–Trinajstić information content (AvgIpc) is 2.81. The van der Waals surface area contributed by atoms with Crippen LogP contribution >= 0.6 is 0 Å². The number of nitrogens with zero attached hydrogens (tertiary/aromatic N) is 1. The molecule has 15 heavy (non-hydrogen) atoms. The molecule has 2 rings (SSSR count). The highest BCUT2D eigenvalue weighted by atomic mass is 16.5. The van der Waals surface area contributed by atoms with E-state index < -0.39 is 0 Å². The molecule has 2 unspecified atom stereocenters. The van der Waals surface area contributed by atoms with Crippen LogP contribution in [0.3, 0.4) is 0 Å². The maximum atomic E-state index is 11.7. The maximum absolute atomic E-state index is 11.7. The molecule has 0 aliphatic carbocycles. The normalized spacial score (nSPS) is 32.9. The van der Waals surface area contributed by atoms with Crippen molar-refractivity contribution < 1.29 is 9.53 Å². The molecule has 2 N–H and O–H groups in total. The first-order valence-electron chi connectivity index (χ1n) is 5.58. The van der Waals surface area contributed by atoms with Gasteiger partial charge in [0, 0.05) is 39.3 Å². The van der Waals surface area contributed by atoms with Gasteiger partial charge in [-0.25, -0.2) is 0 Å². The quantitative estimate of drug-likeness (QED) is 0.605. The molecule has 1 amide bonds. The van der Waals surface area contributed by atoms with Crippen molar-refractivity contribution >= 4 is 5.91 Å². The summed E-state index contributed by atoms with van der Waals surface area (Å²) in [5.41, 5.74) is 0. The molecule has 0 aromatic heterocycles. The van der Waals surface area contributed by atoms with Gasteiger partial charge in [0.15, 0.2) is 0 Å². The van der Waals surface area contributed by atoms with E-state index in [4.69, 9.17) is 4.74 Å². The van der Waals surface area contributed by atoms with Crippen LogP contribution in [-0.2, 0) is 9.53 Å². The highest BCUT2D eigenvalue weighted by molar-refractivity contribution is 5.81. The molecule has 2 saturated heterocycles. The van der Waals surface area contributed by atoms with Gasteiger partial charge in [-0.1, -0.05) is 0 Å². The fourth-order valence-corrected chi connectivity index (χ4v) is 2.35. The van der Waals surface area contributed by atoms with Gasteiger partial charge in [0.2, 0.25) is 5.91 Å². The van der Waals surface area contributed by atoms with Crippen molar-refractivity contribution in [2.24, 2.45) is 0 Å². The van der Waals surface area contributed by atoms with Gasteiger partial charge in [-0.2, -0.15) is 0 Å². The third-order valence-electron chi connectivity index (χ3n) is 3.21. The van der Waals surface area contributed by atoms with Gasteiger partial charge in [0.1, 0.15) is 6.04 Å². The molecule has 0 aromatic carbocycles. The average molecular weight is 213 g/mol. The van der Waals surface area contributed by atoms with E-state index in [-0.39, 0.29) is 11.9 Å². The van der Waals surface area contributed by atoms with Crippen molar-refractivity contribution in [2.75, 3.05) is 39.9 Å². The largest absolute Gasteiger partial charge is 0.380 e. The summed E-state index contributed by atoms with van der Waals surface area (Å²) >= 11 is 0. The van der Waals surface area contributed by atoms with Crippen molar-refractivity contribution in [3.8, 4) is 0 Å². The number of hydrogen-bond acceptors (Lipinski definition) is 4. The summed E-state index contributed by atoms with van der Waals surface area (Å²) in [7, 11) is 1.69. The summed E-state index contributed by atoms with van der Waals surface area (Å²) in [6.07, 6.45) is 1.05. The number of amides is 1. The number of likely N-dealkylation sites (N-methyl/N-ethyl adjacent to an activating group) is 1. The summed E-state index contributed by atoms with van der Waals surface area (Å²) in [4.78, 5) is 14.0. The van der Waals surface area contributed by atoms with E-state index in [1.165, 1.54) is 0 Å². The van der Waals surface area contributed by atoms with Crippen LogP contribution in [0.4, 0.5) is 0 Å². The van der Waals surface area contributed by atoms with Crippen LogP contribution in [0.5, 0.6) is 0 Å². The molecule has 5 heteroatoms. The Morgan fingerprint density at radius 2 is 2.47 bits per heavy atom. The minimum atomic E-state index is -0.0320. The molecule has 0 radical (unpaired) electrons. The van der Waals surface area contributed by atoms with E-state index in [0.717, 1.165) is 39.3 Å². The molecule has 2 fully saturated rings. The van der Waals surface area contributed by atoms with Crippen LogP contribution in [0.15, 0.2) is 0 Å². The van der Waals surface area contributed by atoms with E-state index in [2.05, 4.69) is 15.5 Å². The van der Waals surface area contributed by atoms with E-state index in [9.17, 15) is 4.79 Å². The fraction of sp³-hybridized carbons (Fsp3) is 0.900. The minimum Gasteiger partial charge on any atom is -0.380 e. The van der Waals surface area contributed by atoms with Crippen LogP contribution in [-0.4, -0.2) is 62.8 Å². The van der Waals surface area contributed by atoms with Crippen LogP contribution in [0.2, 0.25) is 0 Å². The summed E-state index contributed by atoms with van der Waals surface area (Å²) < 4.78 is 5.38. The lowest BCUT2D eigenvalue weighted by atomic mass is 10.1. The first kappa shape index (κ1) is 10.9. The number of hydrogen-bond donors (Lipinski definition) is 2. The molecule has 2 aliphatic rings. The van der Waals surface area contributed by atoms with Crippen LogP contribution in [0, 0.1) is 0 Å². The van der Waals surface area contributed by atoms with Crippen LogP contribution in [0.1, 0.15) is 6.42 Å². The van der Waals surface area contributed by atoms with Crippen molar-refractivity contribution in [3.63, 3.8) is 0 Å². The molecule has 0 spiro atoms. The van der Waals surface area contributed by atoms with Crippen LogP contribution < -0.4 is 10.6 Å². The third-order valence-corrected chi connectivity index (χ3v) is 3.21. The van der Waals surface area contributed by atoms with Gasteiger partial charge < -0.3 is 15.4 Å². The zero-order valence-corrected chi connectivity index (χ0v) is 9.16. The van der Waals surface area contributed by atoms with E-state index >= 15 is 0 Å². The Bertz CT molecular complexity index is 229. The molecule has 0 aromatic rings. The Labute approximate surface area is 90.1 Å². The highest BCUT2D eigenvalue weighted by Gasteiger charge is 2.34. The SMILES string of the molecule is CNC(=O)C1CNCCN1C1CCOC1. The monoisotopic (exact) mass is 213 g/mol. The minimum absolute atomic E-state index is 0.0320. The van der Waals surface area contributed by atoms with E-state index in [0.29, 0.717) is 6.04 Å². The summed E-state index contributed by atoms with van der Waals surface area (Å²) in [6, 6.07) is 0.393. The number of piperazine rings is 1. The van der Waals surface area contributed by atoms with Crippen molar-refractivity contribution in [3.05, 3.63) is 0 Å². The van der Waals surface area contributed by atoms with Crippen molar-refractivity contribution in [1.82, 2.24) is 15.5 Å². The lowest BCUT2D eigenvalue weighted by molar-refractivity contribution is -0.127. The second kappa shape index (κ2) is 4.92. The predicted octanol–water partition coefficient (Wildman–Crippen LogP) is -1.20. The van der Waals surface area contributed by atoms with E-state index in [1.54, 1.807) is 7.05 Å². The third kappa shape index (κ3) is 2.30. The summed E-state index contributed by atoms with van der Waals surface area (Å²) in [6.45, 7) is 4.24. The molecule has 86 valence electrons. The van der Waals surface area contributed by atoms with Gasteiger partial charge in [-0.3, -0.25) is 9.69 Å². The number of ether oxygens (including phenoxy) is 1. The maximum Gasteiger partial charge on any atom is 0.238 e. The lowest BCUT2D eigenvalue weighted by Crippen LogP contribution is -2.60. The van der Waals surface area contributed by atoms with Crippen molar-refractivity contribution in [1.29, 1.82) is 0 Å². The Balaban J connectivity index is 2.01. The molecule has 2 heterocycles. The molecule has 5 nitrogen and oxygen atoms in total. The number of rotatable bonds is 2. The number of nitrogens with one attached hydrogen (secondary N) is 2. The predicted molar refractivity (Wildman–Crippen MR) is 56.7 cm³/mol. The summed E-state index contributed by atoms with van der Waals surface area (Å²) in [5, 5.41) is 5.99. The topological polar surface area (TPSA) is 53.6 Å². The van der Waals surface area contributed by atoms with Gasteiger partial charge in [0.05, 0.1) is 6.61 Å². The number of carbonyl (C=O) groups excluding carboxylic acids is 1. The Morgan fingerprint density at radius 1 is 1.60 bits per heavy atom. The molecule has 2 atom stereocenters. The first-order chi connectivity index (χ1) is 7.33. The Morgan fingerprint density at radius 3 is 3.13 bits per heavy atom. The Hall–Kier alpha value is -0.650. The van der Waals surface area contributed by atoms with Crippen molar-refractivity contribution in [2.45, 2.75) is 18.5 Å². The first-order valence-corrected chi connectivity index (χ1v) is 5.58. The molecule has 0 saturated carbocycles. The Kier molecular flexibility index (Phi) is 3.56. The standard InChI is InChI=1S/C10H19N3O2/c1-11-10(14)9-6-12-3-4-13(9)8-2-5-15-7-8/h8-9,12H,2-7H2,1H3,(H,11,14). The number of carbonyl (C=O) groups is 1. The van der Waals surface area contributed by atoms with Gasteiger partial charge in [-0.15, -0.1) is 0 Å². The summed E-state index contributed by atoms with van der Waals surface area (Å²) in [5.74, 6) is 0.106. The molecule has 2 aliphatic heterocycles. The second-order valence-corrected chi connectivity index (χ2v) is 4.09. The van der Waals surface area contributed by atoms with Gasteiger partial charge >= 0.3 is 0 Å². The van der Waals surface area contributed by atoms with E-state index in [1.807, 2.05) is 0 Å². The molecule has 0 bridgehead atoms. The highest BCUT2D eigenvalue weighted by Crippen LogP contribution is 2.16. The molecular formula is C10H19N3O2. The smallest absolute Gasteiger partial charge is 0.238 e. The van der Waals surface area contributed by atoms with Gasteiger partial charge in [0.25, 0.3) is 0 Å². The van der Waals surface area contributed by atoms with Gasteiger partial charge in [-0.05, 0) is 6.42 Å². The zero-order valence-electron chi connectivity index (χ0n) is 9.16. The lowest BCUT2D eigenvalue weighted by Gasteiger charge is -2.38. The molecular weight excluding hydrogens is 194 g/mol. The zero-order chi connectivity index (χ0) is 10.7. The van der Waals surface area contributed by atoms with Crippen LogP contribution in [0.25, 0.3) is 0 Å². The fourth-order valence-electron chi connectivity index (χ4n) is 2.35.